The number of nitrogens with zero attached hydrogens (tertiary/aromatic N) is 1. The van der Waals surface area contributed by atoms with Crippen molar-refractivity contribution in [2.24, 2.45) is 5.73 Å². The van der Waals surface area contributed by atoms with Crippen molar-refractivity contribution < 1.29 is 4.79 Å². The van der Waals surface area contributed by atoms with Crippen LogP contribution in [0, 0.1) is 0 Å². The Morgan fingerprint density at radius 3 is 2.46 bits per heavy atom. The van der Waals surface area contributed by atoms with E-state index >= 15 is 0 Å². The van der Waals surface area contributed by atoms with Crippen molar-refractivity contribution in [2.75, 3.05) is 6.54 Å². The molecule has 2 rings (SSSR count). The number of primary amides is 1. The number of carbonyl (C=O) groups is 1. The second-order valence-electron chi connectivity index (χ2n) is 4.18. The van der Waals surface area contributed by atoms with Crippen LogP contribution >= 0.6 is 0 Å². The minimum atomic E-state index is -0.204. The van der Waals surface area contributed by atoms with E-state index in [-0.39, 0.29) is 5.91 Å². The summed E-state index contributed by atoms with van der Waals surface area (Å²) in [5, 5.41) is 0. The zero-order chi connectivity index (χ0) is 9.42. The van der Waals surface area contributed by atoms with Crippen molar-refractivity contribution in [2.45, 2.75) is 37.8 Å². The van der Waals surface area contributed by atoms with Crippen LogP contribution in [-0.4, -0.2) is 29.4 Å². The van der Waals surface area contributed by atoms with Crippen molar-refractivity contribution in [1.82, 2.24) is 4.90 Å². The summed E-state index contributed by atoms with van der Waals surface area (Å²) in [4.78, 5) is 13.1. The predicted octanol–water partition coefficient (Wildman–Crippen LogP) is 0.655. The maximum Gasteiger partial charge on any atom is 0.231 e. The number of hydrogen-bond acceptors (Lipinski definition) is 2. The minimum Gasteiger partial charge on any atom is -0.369 e. The molecule has 2 atom stereocenters. The van der Waals surface area contributed by atoms with Gasteiger partial charge in [-0.15, -0.1) is 0 Å². The van der Waals surface area contributed by atoms with Crippen LogP contribution in [0.1, 0.15) is 25.7 Å². The summed E-state index contributed by atoms with van der Waals surface area (Å²) in [6.45, 7) is 4.46. The molecule has 0 aromatic carbocycles. The lowest BCUT2D eigenvalue weighted by atomic mass is 9.98. The fourth-order valence-corrected chi connectivity index (χ4v) is 2.64. The van der Waals surface area contributed by atoms with Crippen LogP contribution in [0.2, 0.25) is 0 Å². The molecule has 0 spiro atoms. The Labute approximate surface area is 78.6 Å². The van der Waals surface area contributed by atoms with Gasteiger partial charge in [0.1, 0.15) is 0 Å². The van der Waals surface area contributed by atoms with Crippen LogP contribution in [0.5, 0.6) is 0 Å². The lowest BCUT2D eigenvalue weighted by Gasteiger charge is -2.34. The van der Waals surface area contributed by atoms with Crippen molar-refractivity contribution >= 4 is 5.91 Å². The highest BCUT2D eigenvalue weighted by Crippen LogP contribution is 2.37. The van der Waals surface area contributed by atoms with E-state index in [0.717, 1.165) is 12.8 Å². The van der Waals surface area contributed by atoms with E-state index in [0.29, 0.717) is 18.6 Å². The molecule has 0 aliphatic carbocycles. The van der Waals surface area contributed by atoms with Crippen molar-refractivity contribution in [1.29, 1.82) is 0 Å². The standard InChI is InChI=1S/C10H16N2O/c1-7-4-8-2-3-9(5-7)12(8)6-10(11)13/h8-9H,1-6H2,(H2,11,13). The Bertz CT molecular complexity index is 233. The quantitative estimate of drug-likeness (QED) is 0.634. The van der Waals surface area contributed by atoms with Crippen LogP contribution in [0.15, 0.2) is 12.2 Å². The molecule has 0 aromatic rings. The molecule has 2 unspecified atom stereocenters. The van der Waals surface area contributed by atoms with E-state index in [1.54, 1.807) is 0 Å². The lowest BCUT2D eigenvalue weighted by molar-refractivity contribution is -0.120. The second kappa shape index (κ2) is 3.14. The molecule has 3 heteroatoms. The smallest absolute Gasteiger partial charge is 0.231 e. The highest BCUT2D eigenvalue weighted by molar-refractivity contribution is 5.76. The predicted molar refractivity (Wildman–Crippen MR) is 51.1 cm³/mol. The third-order valence-electron chi connectivity index (χ3n) is 3.16. The van der Waals surface area contributed by atoms with Gasteiger partial charge in [0.2, 0.25) is 5.91 Å². The Hall–Kier alpha value is -0.830. The van der Waals surface area contributed by atoms with Crippen LogP contribution in [-0.2, 0) is 4.79 Å². The number of fused-ring (bicyclic) bond motifs is 2. The maximum atomic E-state index is 10.8. The van der Waals surface area contributed by atoms with Gasteiger partial charge in [-0.2, -0.15) is 0 Å². The molecule has 2 bridgehead atoms. The molecule has 2 N–H and O–H groups in total. The van der Waals surface area contributed by atoms with Gasteiger partial charge < -0.3 is 5.73 Å². The summed E-state index contributed by atoms with van der Waals surface area (Å²) in [6, 6.07) is 1.08. The number of nitrogens with two attached hydrogens (primary N) is 1. The molecule has 2 aliphatic rings. The first-order chi connectivity index (χ1) is 6.16. The van der Waals surface area contributed by atoms with Gasteiger partial charge in [0.15, 0.2) is 0 Å². The largest absolute Gasteiger partial charge is 0.369 e. The molecule has 0 saturated carbocycles. The first-order valence-corrected chi connectivity index (χ1v) is 4.87. The van der Waals surface area contributed by atoms with Gasteiger partial charge in [-0.05, 0) is 25.7 Å². The molecular formula is C10H16N2O. The number of piperidine rings is 1. The Morgan fingerprint density at radius 2 is 2.00 bits per heavy atom. The molecule has 2 aliphatic heterocycles. The summed E-state index contributed by atoms with van der Waals surface area (Å²) >= 11 is 0. The molecule has 2 fully saturated rings. The van der Waals surface area contributed by atoms with Gasteiger partial charge in [0.05, 0.1) is 6.54 Å². The number of carbonyl (C=O) groups excluding carboxylic acids is 1. The Balaban J connectivity index is 2.06. The summed E-state index contributed by atoms with van der Waals surface area (Å²) in [6.07, 6.45) is 4.53. The van der Waals surface area contributed by atoms with Gasteiger partial charge in [-0.1, -0.05) is 12.2 Å². The van der Waals surface area contributed by atoms with Gasteiger partial charge >= 0.3 is 0 Å². The van der Waals surface area contributed by atoms with E-state index in [2.05, 4.69) is 11.5 Å². The number of hydrogen-bond donors (Lipinski definition) is 1. The summed E-state index contributed by atoms with van der Waals surface area (Å²) < 4.78 is 0. The third-order valence-corrected chi connectivity index (χ3v) is 3.16. The molecule has 2 saturated heterocycles. The Morgan fingerprint density at radius 1 is 1.46 bits per heavy atom. The zero-order valence-corrected chi connectivity index (χ0v) is 7.83. The first-order valence-electron chi connectivity index (χ1n) is 4.87. The molecule has 0 radical (unpaired) electrons. The monoisotopic (exact) mass is 180 g/mol. The number of amides is 1. The topological polar surface area (TPSA) is 46.3 Å². The fourth-order valence-electron chi connectivity index (χ4n) is 2.64. The molecule has 2 heterocycles. The van der Waals surface area contributed by atoms with Crippen LogP contribution in [0.25, 0.3) is 0 Å². The third kappa shape index (κ3) is 1.61. The fraction of sp³-hybridized carbons (Fsp3) is 0.700. The molecule has 1 amide bonds. The minimum absolute atomic E-state index is 0.204. The molecule has 72 valence electrons. The molecular weight excluding hydrogens is 164 g/mol. The van der Waals surface area contributed by atoms with Crippen molar-refractivity contribution in [3.8, 4) is 0 Å². The van der Waals surface area contributed by atoms with E-state index in [1.807, 2.05) is 0 Å². The maximum absolute atomic E-state index is 10.8. The van der Waals surface area contributed by atoms with Gasteiger partial charge in [-0.25, -0.2) is 0 Å². The van der Waals surface area contributed by atoms with E-state index in [1.165, 1.54) is 18.4 Å². The van der Waals surface area contributed by atoms with E-state index in [4.69, 9.17) is 5.73 Å². The second-order valence-corrected chi connectivity index (χ2v) is 4.18. The highest BCUT2D eigenvalue weighted by atomic mass is 16.1. The normalized spacial score (nSPS) is 33.7. The average molecular weight is 180 g/mol. The summed E-state index contributed by atoms with van der Waals surface area (Å²) in [5.74, 6) is -0.204. The van der Waals surface area contributed by atoms with Crippen molar-refractivity contribution in [3.63, 3.8) is 0 Å². The van der Waals surface area contributed by atoms with Gasteiger partial charge in [0.25, 0.3) is 0 Å². The first kappa shape index (κ1) is 8.75. The van der Waals surface area contributed by atoms with Gasteiger partial charge in [-0.3, -0.25) is 9.69 Å². The van der Waals surface area contributed by atoms with Gasteiger partial charge in [0, 0.05) is 12.1 Å². The molecule has 13 heavy (non-hydrogen) atoms. The summed E-state index contributed by atoms with van der Waals surface area (Å²) in [5.41, 5.74) is 6.55. The highest BCUT2D eigenvalue weighted by Gasteiger charge is 2.38. The average Bonchev–Trinajstić information content (AvgIpc) is 2.32. The molecule has 0 aromatic heterocycles. The zero-order valence-electron chi connectivity index (χ0n) is 7.83. The SMILES string of the molecule is C=C1CC2CCC(C1)N2CC(N)=O. The number of rotatable bonds is 2. The van der Waals surface area contributed by atoms with Crippen LogP contribution in [0.4, 0.5) is 0 Å². The van der Waals surface area contributed by atoms with Crippen molar-refractivity contribution in [3.05, 3.63) is 12.2 Å². The lowest BCUT2D eigenvalue weighted by Crippen LogP contribution is -2.44. The Kier molecular flexibility index (Phi) is 2.12. The van der Waals surface area contributed by atoms with Crippen LogP contribution in [0.3, 0.4) is 0 Å². The summed E-state index contributed by atoms with van der Waals surface area (Å²) in [7, 11) is 0. The van der Waals surface area contributed by atoms with E-state index < -0.39 is 0 Å². The van der Waals surface area contributed by atoms with E-state index in [9.17, 15) is 4.79 Å². The molecule has 3 nitrogen and oxygen atoms in total. The van der Waals surface area contributed by atoms with Crippen LogP contribution < -0.4 is 5.73 Å².